The first kappa shape index (κ1) is 21.0. The van der Waals surface area contributed by atoms with Crippen LogP contribution in [0, 0.1) is 0 Å². The largest absolute Gasteiger partial charge is 0.332 e. The van der Waals surface area contributed by atoms with Crippen molar-refractivity contribution in [3.05, 3.63) is 99.5 Å². The fourth-order valence-electron chi connectivity index (χ4n) is 2.67. The Morgan fingerprint density at radius 2 is 1.52 bits per heavy atom. The third-order valence-electron chi connectivity index (χ3n) is 4.04. The van der Waals surface area contributed by atoms with Gasteiger partial charge >= 0.3 is 0 Å². The molecule has 0 radical (unpaired) electrons. The SMILES string of the molecule is O=C(Cc1ccc(Cl)cc1)NC(=S)Nc1ccc(Cl)cc1C(=O)c1ccccc1. The Balaban J connectivity index is 1.71. The minimum Gasteiger partial charge on any atom is -0.332 e. The molecule has 3 rings (SSSR count). The third kappa shape index (κ3) is 5.87. The lowest BCUT2D eigenvalue weighted by Crippen LogP contribution is -2.35. The van der Waals surface area contributed by atoms with Crippen LogP contribution in [0.4, 0.5) is 5.69 Å². The number of anilines is 1. The lowest BCUT2D eigenvalue weighted by molar-refractivity contribution is -0.119. The van der Waals surface area contributed by atoms with Crippen LogP contribution in [-0.2, 0) is 11.2 Å². The highest BCUT2D eigenvalue weighted by Crippen LogP contribution is 2.23. The van der Waals surface area contributed by atoms with Gasteiger partial charge < -0.3 is 10.6 Å². The Kier molecular flexibility index (Phi) is 6.99. The van der Waals surface area contributed by atoms with E-state index in [1.807, 2.05) is 6.07 Å². The van der Waals surface area contributed by atoms with E-state index in [1.54, 1.807) is 66.7 Å². The van der Waals surface area contributed by atoms with E-state index >= 15 is 0 Å². The average Bonchev–Trinajstić information content (AvgIpc) is 2.71. The fourth-order valence-corrected chi connectivity index (χ4v) is 3.19. The number of carbonyl (C=O) groups excluding carboxylic acids is 2. The number of benzene rings is 3. The number of rotatable bonds is 5. The molecule has 0 aliphatic carbocycles. The molecule has 3 aromatic rings. The quantitative estimate of drug-likeness (QED) is 0.416. The van der Waals surface area contributed by atoms with Crippen molar-refractivity contribution < 1.29 is 9.59 Å². The third-order valence-corrected chi connectivity index (χ3v) is 4.73. The van der Waals surface area contributed by atoms with Crippen LogP contribution >= 0.6 is 35.4 Å². The number of hydrogen-bond acceptors (Lipinski definition) is 3. The first-order valence-corrected chi connectivity index (χ1v) is 9.83. The van der Waals surface area contributed by atoms with Crippen molar-refractivity contribution >= 4 is 57.9 Å². The minimum atomic E-state index is -0.283. The van der Waals surface area contributed by atoms with Crippen LogP contribution in [0.25, 0.3) is 0 Å². The van der Waals surface area contributed by atoms with Crippen molar-refractivity contribution in [3.8, 4) is 0 Å². The molecule has 0 aromatic heterocycles. The van der Waals surface area contributed by atoms with Crippen molar-refractivity contribution in [3.63, 3.8) is 0 Å². The molecule has 2 N–H and O–H groups in total. The molecular formula is C22H16Cl2N2O2S. The van der Waals surface area contributed by atoms with Gasteiger partial charge in [0.15, 0.2) is 10.9 Å². The summed E-state index contributed by atoms with van der Waals surface area (Å²) >= 11 is 17.2. The van der Waals surface area contributed by atoms with Crippen LogP contribution in [0.3, 0.4) is 0 Å². The van der Waals surface area contributed by atoms with Crippen molar-refractivity contribution in [2.24, 2.45) is 0 Å². The Labute approximate surface area is 183 Å². The standard InChI is InChI=1S/C22H16Cl2N2O2S/c23-16-8-6-14(7-9-16)12-20(27)26-22(29)25-19-11-10-17(24)13-18(19)21(28)15-4-2-1-3-5-15/h1-11,13H,12H2,(H2,25,26,27,29). The molecule has 4 nitrogen and oxygen atoms in total. The van der Waals surface area contributed by atoms with Crippen molar-refractivity contribution in [1.82, 2.24) is 5.32 Å². The summed E-state index contributed by atoms with van der Waals surface area (Å²) in [6.45, 7) is 0. The van der Waals surface area contributed by atoms with Crippen molar-refractivity contribution in [1.29, 1.82) is 0 Å². The highest BCUT2D eigenvalue weighted by Gasteiger charge is 2.16. The molecule has 0 unspecified atom stereocenters. The maximum Gasteiger partial charge on any atom is 0.230 e. The molecule has 0 fully saturated rings. The van der Waals surface area contributed by atoms with E-state index in [2.05, 4.69) is 10.6 Å². The molecule has 0 aliphatic heterocycles. The van der Waals surface area contributed by atoms with Gasteiger partial charge in [0.25, 0.3) is 0 Å². The van der Waals surface area contributed by atoms with E-state index in [4.69, 9.17) is 35.4 Å². The number of thiocarbonyl (C=S) groups is 1. The lowest BCUT2D eigenvalue weighted by Gasteiger charge is -2.13. The summed E-state index contributed by atoms with van der Waals surface area (Å²) < 4.78 is 0. The molecule has 0 saturated carbocycles. The zero-order valence-corrected chi connectivity index (χ0v) is 17.4. The molecule has 29 heavy (non-hydrogen) atoms. The molecule has 146 valence electrons. The molecule has 0 heterocycles. The predicted octanol–water partition coefficient (Wildman–Crippen LogP) is 5.28. The summed E-state index contributed by atoms with van der Waals surface area (Å²) in [7, 11) is 0. The molecule has 0 atom stereocenters. The first-order chi connectivity index (χ1) is 13.9. The van der Waals surface area contributed by atoms with Gasteiger partial charge in [-0.3, -0.25) is 9.59 Å². The van der Waals surface area contributed by atoms with Crippen LogP contribution < -0.4 is 10.6 Å². The van der Waals surface area contributed by atoms with E-state index in [-0.39, 0.29) is 23.2 Å². The van der Waals surface area contributed by atoms with Gasteiger partial charge in [-0.2, -0.15) is 0 Å². The van der Waals surface area contributed by atoms with Gasteiger partial charge in [0.2, 0.25) is 5.91 Å². The lowest BCUT2D eigenvalue weighted by atomic mass is 10.0. The fraction of sp³-hybridized carbons (Fsp3) is 0.0455. The van der Waals surface area contributed by atoms with Crippen molar-refractivity contribution in [2.45, 2.75) is 6.42 Å². The number of amides is 1. The van der Waals surface area contributed by atoms with E-state index < -0.39 is 0 Å². The maximum atomic E-state index is 12.9. The summed E-state index contributed by atoms with van der Waals surface area (Å²) in [5.41, 5.74) is 2.15. The average molecular weight is 443 g/mol. The normalized spacial score (nSPS) is 10.3. The summed E-state index contributed by atoms with van der Waals surface area (Å²) in [5, 5.41) is 6.65. The molecule has 0 aliphatic rings. The van der Waals surface area contributed by atoms with E-state index in [9.17, 15) is 9.59 Å². The number of carbonyl (C=O) groups is 2. The molecule has 3 aromatic carbocycles. The van der Waals surface area contributed by atoms with Gasteiger partial charge in [0.05, 0.1) is 12.1 Å². The summed E-state index contributed by atoms with van der Waals surface area (Å²) in [5.74, 6) is -0.486. The summed E-state index contributed by atoms with van der Waals surface area (Å²) in [6.07, 6.45) is 0.148. The highest BCUT2D eigenvalue weighted by atomic mass is 35.5. The molecule has 0 bridgehead atoms. The van der Waals surface area contributed by atoms with Crippen LogP contribution in [0.5, 0.6) is 0 Å². The van der Waals surface area contributed by atoms with Gasteiger partial charge in [0, 0.05) is 21.2 Å². The van der Waals surface area contributed by atoms with Gasteiger partial charge in [0.1, 0.15) is 0 Å². The van der Waals surface area contributed by atoms with Crippen LogP contribution in [0.2, 0.25) is 10.0 Å². The molecule has 0 spiro atoms. The number of ketones is 1. The number of nitrogens with one attached hydrogen (secondary N) is 2. The smallest absolute Gasteiger partial charge is 0.230 e. The Hall–Kier alpha value is -2.73. The number of hydrogen-bond donors (Lipinski definition) is 2. The Morgan fingerprint density at radius 3 is 2.21 bits per heavy atom. The second-order valence-electron chi connectivity index (χ2n) is 6.19. The molecule has 7 heteroatoms. The summed E-state index contributed by atoms with van der Waals surface area (Å²) in [4.78, 5) is 25.1. The van der Waals surface area contributed by atoms with Crippen molar-refractivity contribution in [2.75, 3.05) is 5.32 Å². The Bertz CT molecular complexity index is 1050. The van der Waals surface area contributed by atoms with Crippen LogP contribution in [-0.4, -0.2) is 16.8 Å². The van der Waals surface area contributed by atoms with Gasteiger partial charge in [-0.25, -0.2) is 0 Å². The van der Waals surface area contributed by atoms with E-state index in [1.165, 1.54) is 0 Å². The maximum absolute atomic E-state index is 12.9. The number of halogens is 2. The first-order valence-electron chi connectivity index (χ1n) is 8.67. The van der Waals surface area contributed by atoms with Gasteiger partial charge in [-0.15, -0.1) is 0 Å². The van der Waals surface area contributed by atoms with Gasteiger partial charge in [-0.1, -0.05) is 65.7 Å². The van der Waals surface area contributed by atoms with Crippen LogP contribution in [0.15, 0.2) is 72.8 Å². The Morgan fingerprint density at radius 1 is 0.862 bits per heavy atom. The van der Waals surface area contributed by atoms with Crippen LogP contribution in [0.1, 0.15) is 21.5 Å². The van der Waals surface area contributed by atoms with E-state index in [0.717, 1.165) is 5.56 Å². The summed E-state index contributed by atoms with van der Waals surface area (Å²) in [6, 6.07) is 20.7. The second kappa shape index (κ2) is 9.65. The zero-order chi connectivity index (χ0) is 20.8. The predicted molar refractivity (Wildman–Crippen MR) is 121 cm³/mol. The van der Waals surface area contributed by atoms with Gasteiger partial charge in [-0.05, 0) is 48.1 Å². The zero-order valence-electron chi connectivity index (χ0n) is 15.1. The second-order valence-corrected chi connectivity index (χ2v) is 7.47. The van der Waals surface area contributed by atoms with E-state index in [0.29, 0.717) is 26.9 Å². The minimum absolute atomic E-state index is 0.0911. The monoisotopic (exact) mass is 442 g/mol. The molecule has 0 saturated heterocycles. The molecule has 1 amide bonds. The topological polar surface area (TPSA) is 58.2 Å². The molecular weight excluding hydrogens is 427 g/mol. The highest BCUT2D eigenvalue weighted by molar-refractivity contribution is 7.80.